The number of hydrogen-bond donors (Lipinski definition) is 1. The molecule has 1 N–H and O–H groups in total. The highest BCUT2D eigenvalue weighted by Crippen LogP contribution is 2.29. The molecule has 94 valence electrons. The van der Waals surface area contributed by atoms with E-state index < -0.39 is 0 Å². The summed E-state index contributed by atoms with van der Waals surface area (Å²) in [5.74, 6) is 1.60. The summed E-state index contributed by atoms with van der Waals surface area (Å²) in [6.07, 6.45) is 6.65. The Balaban J connectivity index is 2.09. The SMILES string of the molecule is COC(=O)C(C)NCCC1CCC(C)CC1. The fourth-order valence-corrected chi connectivity index (χ4v) is 2.38. The number of carbonyl (C=O) groups excluding carboxylic acids is 1. The molecule has 0 amide bonds. The number of hydrogen-bond acceptors (Lipinski definition) is 3. The van der Waals surface area contributed by atoms with Crippen molar-refractivity contribution in [3.63, 3.8) is 0 Å². The predicted molar refractivity (Wildman–Crippen MR) is 65.2 cm³/mol. The minimum absolute atomic E-state index is 0.169. The Morgan fingerprint density at radius 1 is 1.38 bits per heavy atom. The molecule has 1 saturated carbocycles. The molecule has 0 aromatic rings. The van der Waals surface area contributed by atoms with Gasteiger partial charge in [-0.2, -0.15) is 0 Å². The fourth-order valence-electron chi connectivity index (χ4n) is 2.38. The van der Waals surface area contributed by atoms with Crippen LogP contribution in [0.5, 0.6) is 0 Å². The maximum Gasteiger partial charge on any atom is 0.322 e. The van der Waals surface area contributed by atoms with Crippen molar-refractivity contribution in [3.05, 3.63) is 0 Å². The van der Waals surface area contributed by atoms with Crippen LogP contribution in [0.3, 0.4) is 0 Å². The van der Waals surface area contributed by atoms with Crippen LogP contribution in [0.2, 0.25) is 0 Å². The lowest BCUT2D eigenvalue weighted by Crippen LogP contribution is -2.36. The van der Waals surface area contributed by atoms with Crippen molar-refractivity contribution in [1.29, 1.82) is 0 Å². The molecule has 0 aromatic heterocycles. The van der Waals surface area contributed by atoms with Gasteiger partial charge in [0, 0.05) is 0 Å². The third kappa shape index (κ3) is 4.52. The lowest BCUT2D eigenvalue weighted by atomic mass is 9.81. The minimum Gasteiger partial charge on any atom is -0.468 e. The molecule has 0 heterocycles. The van der Waals surface area contributed by atoms with E-state index in [-0.39, 0.29) is 12.0 Å². The van der Waals surface area contributed by atoms with E-state index in [9.17, 15) is 4.79 Å². The number of ether oxygens (including phenoxy) is 1. The zero-order valence-corrected chi connectivity index (χ0v) is 10.8. The molecule has 0 saturated heterocycles. The smallest absolute Gasteiger partial charge is 0.322 e. The molecule has 0 aromatic carbocycles. The van der Waals surface area contributed by atoms with E-state index in [1.54, 1.807) is 0 Å². The van der Waals surface area contributed by atoms with Crippen molar-refractivity contribution in [2.75, 3.05) is 13.7 Å². The van der Waals surface area contributed by atoms with Gasteiger partial charge < -0.3 is 10.1 Å². The molecule has 3 heteroatoms. The first-order chi connectivity index (χ1) is 7.63. The molecule has 1 aliphatic rings. The van der Waals surface area contributed by atoms with Gasteiger partial charge >= 0.3 is 5.97 Å². The topological polar surface area (TPSA) is 38.3 Å². The van der Waals surface area contributed by atoms with Crippen LogP contribution in [0.1, 0.15) is 46.0 Å². The molecule has 1 aliphatic carbocycles. The second-order valence-electron chi connectivity index (χ2n) is 5.11. The Morgan fingerprint density at radius 2 is 2.00 bits per heavy atom. The molecule has 16 heavy (non-hydrogen) atoms. The van der Waals surface area contributed by atoms with Crippen molar-refractivity contribution >= 4 is 5.97 Å². The van der Waals surface area contributed by atoms with E-state index >= 15 is 0 Å². The van der Waals surface area contributed by atoms with E-state index in [1.807, 2.05) is 6.92 Å². The Labute approximate surface area is 98.9 Å². The van der Waals surface area contributed by atoms with Crippen molar-refractivity contribution in [3.8, 4) is 0 Å². The lowest BCUT2D eigenvalue weighted by molar-refractivity contribution is -0.142. The zero-order chi connectivity index (χ0) is 12.0. The first-order valence-electron chi connectivity index (χ1n) is 6.44. The molecule has 1 fully saturated rings. The van der Waals surface area contributed by atoms with Crippen LogP contribution in [-0.2, 0) is 9.53 Å². The maximum atomic E-state index is 11.2. The number of carbonyl (C=O) groups is 1. The summed E-state index contributed by atoms with van der Waals surface area (Å²) in [5, 5.41) is 3.22. The number of methoxy groups -OCH3 is 1. The molecule has 1 unspecified atom stereocenters. The van der Waals surface area contributed by atoms with E-state index in [1.165, 1.54) is 39.2 Å². The average molecular weight is 227 g/mol. The summed E-state index contributed by atoms with van der Waals surface area (Å²) < 4.78 is 4.67. The van der Waals surface area contributed by atoms with Gasteiger partial charge in [-0.3, -0.25) is 4.79 Å². The van der Waals surface area contributed by atoms with Gasteiger partial charge in [-0.05, 0) is 31.7 Å². The van der Waals surface area contributed by atoms with Crippen molar-refractivity contribution in [1.82, 2.24) is 5.32 Å². The quantitative estimate of drug-likeness (QED) is 0.733. The summed E-state index contributed by atoms with van der Waals surface area (Å²) in [4.78, 5) is 11.2. The summed E-state index contributed by atoms with van der Waals surface area (Å²) in [6.45, 7) is 5.12. The highest BCUT2D eigenvalue weighted by molar-refractivity contribution is 5.74. The molecule has 1 atom stereocenters. The third-order valence-corrected chi connectivity index (χ3v) is 3.69. The van der Waals surface area contributed by atoms with Gasteiger partial charge in [0.2, 0.25) is 0 Å². The molecular weight excluding hydrogens is 202 g/mol. The van der Waals surface area contributed by atoms with Crippen molar-refractivity contribution < 1.29 is 9.53 Å². The lowest BCUT2D eigenvalue weighted by Gasteiger charge is -2.26. The second kappa shape index (κ2) is 6.89. The Morgan fingerprint density at radius 3 is 2.56 bits per heavy atom. The van der Waals surface area contributed by atoms with Crippen LogP contribution in [0.4, 0.5) is 0 Å². The van der Waals surface area contributed by atoms with Crippen LogP contribution in [0, 0.1) is 11.8 Å². The van der Waals surface area contributed by atoms with Crippen LogP contribution in [-0.4, -0.2) is 25.7 Å². The minimum atomic E-state index is -0.174. The van der Waals surface area contributed by atoms with Gasteiger partial charge in [-0.25, -0.2) is 0 Å². The van der Waals surface area contributed by atoms with Crippen LogP contribution < -0.4 is 5.32 Å². The van der Waals surface area contributed by atoms with Gasteiger partial charge in [0.05, 0.1) is 7.11 Å². The third-order valence-electron chi connectivity index (χ3n) is 3.69. The molecule has 3 nitrogen and oxygen atoms in total. The first-order valence-corrected chi connectivity index (χ1v) is 6.44. The van der Waals surface area contributed by atoms with Crippen LogP contribution >= 0.6 is 0 Å². The van der Waals surface area contributed by atoms with E-state index in [2.05, 4.69) is 17.0 Å². The van der Waals surface area contributed by atoms with E-state index in [0.717, 1.165) is 18.4 Å². The van der Waals surface area contributed by atoms with Crippen molar-refractivity contribution in [2.45, 2.75) is 52.0 Å². The highest BCUT2D eigenvalue weighted by Gasteiger charge is 2.18. The number of rotatable bonds is 5. The van der Waals surface area contributed by atoms with Crippen molar-refractivity contribution in [2.24, 2.45) is 11.8 Å². The van der Waals surface area contributed by atoms with E-state index in [4.69, 9.17) is 0 Å². The molecule has 0 spiro atoms. The van der Waals surface area contributed by atoms with E-state index in [0.29, 0.717) is 0 Å². The maximum absolute atomic E-state index is 11.2. The zero-order valence-electron chi connectivity index (χ0n) is 10.8. The monoisotopic (exact) mass is 227 g/mol. The molecule has 0 aliphatic heterocycles. The van der Waals surface area contributed by atoms with Gasteiger partial charge in [0.1, 0.15) is 6.04 Å². The van der Waals surface area contributed by atoms with Gasteiger partial charge in [0.25, 0.3) is 0 Å². The second-order valence-corrected chi connectivity index (χ2v) is 5.11. The van der Waals surface area contributed by atoms with Gasteiger partial charge in [-0.1, -0.05) is 32.6 Å². The summed E-state index contributed by atoms with van der Waals surface area (Å²) in [7, 11) is 1.43. The molecule has 0 radical (unpaired) electrons. The Kier molecular flexibility index (Phi) is 5.81. The van der Waals surface area contributed by atoms with Gasteiger partial charge in [-0.15, -0.1) is 0 Å². The van der Waals surface area contributed by atoms with Gasteiger partial charge in [0.15, 0.2) is 0 Å². The van der Waals surface area contributed by atoms with Crippen LogP contribution in [0.25, 0.3) is 0 Å². The standard InChI is InChI=1S/C13H25NO2/c1-10-4-6-12(7-5-10)8-9-14-11(2)13(15)16-3/h10-12,14H,4-9H2,1-3H3. The molecular formula is C13H25NO2. The fraction of sp³-hybridized carbons (Fsp3) is 0.923. The normalized spacial score (nSPS) is 27.4. The summed E-state index contributed by atoms with van der Waals surface area (Å²) in [5.41, 5.74) is 0. The first kappa shape index (κ1) is 13.5. The summed E-state index contributed by atoms with van der Waals surface area (Å²) >= 11 is 0. The predicted octanol–water partition coefficient (Wildman–Crippen LogP) is 2.35. The number of esters is 1. The largest absolute Gasteiger partial charge is 0.468 e. The average Bonchev–Trinajstić information content (AvgIpc) is 2.30. The molecule has 0 bridgehead atoms. The van der Waals surface area contributed by atoms with Crippen LogP contribution in [0.15, 0.2) is 0 Å². The Hall–Kier alpha value is -0.570. The Bertz CT molecular complexity index is 210. The number of nitrogens with one attached hydrogen (secondary N) is 1. The summed E-state index contributed by atoms with van der Waals surface area (Å²) in [6, 6.07) is -0.174. The highest BCUT2D eigenvalue weighted by atomic mass is 16.5. The molecule has 1 rings (SSSR count).